The molecule has 0 spiro atoms. The molecule has 0 fully saturated rings. The third-order valence-corrected chi connectivity index (χ3v) is 13.0. The molecule has 28 radical (unpaired) electrons. The van der Waals surface area contributed by atoms with Crippen molar-refractivity contribution < 1.29 is 4.42 Å². The summed E-state index contributed by atoms with van der Waals surface area (Å²) in [5.41, 5.74) is 6.32. The first kappa shape index (κ1) is 42.4. The summed E-state index contributed by atoms with van der Waals surface area (Å²) in [5, 5.41) is 1.42. The number of furan rings is 1. The third kappa shape index (κ3) is 6.27. The number of fused-ring (bicyclic) bond motifs is 6. The van der Waals surface area contributed by atoms with Gasteiger partial charge in [0.25, 0.3) is 0 Å². The molecule has 64 heavy (non-hydrogen) atoms. The molecule has 262 valence electrons. The Kier molecular flexibility index (Phi) is 10.3. The first-order chi connectivity index (χ1) is 30.6. The number of hydrogen-bond donors (Lipinski definition) is 0. The summed E-state index contributed by atoms with van der Waals surface area (Å²) in [6, 6.07) is 26.1. The van der Waals surface area contributed by atoms with Crippen molar-refractivity contribution in [2.45, 2.75) is 0 Å². The average Bonchev–Trinajstić information content (AvgIpc) is 3.91. The number of aromatic nitrogens is 3. The summed E-state index contributed by atoms with van der Waals surface area (Å²) in [5.74, 6) is 0.278. The predicted octanol–water partition coefficient (Wildman–Crippen LogP) is -4.41. The van der Waals surface area contributed by atoms with E-state index in [2.05, 4.69) is 24.3 Å². The van der Waals surface area contributed by atoms with Gasteiger partial charge in [0.05, 0.1) is 0 Å². The van der Waals surface area contributed by atoms with Crippen molar-refractivity contribution in [2.75, 3.05) is 0 Å². The van der Waals surface area contributed by atoms with Crippen LogP contribution < -0.4 is 76.5 Å². The molecule has 0 atom stereocenters. The second-order valence-electron chi connectivity index (χ2n) is 15.4. The minimum Gasteiger partial charge on any atom is -0.457 e. The maximum absolute atomic E-state index is 6.90. The van der Waals surface area contributed by atoms with Crippen molar-refractivity contribution >= 4 is 240 Å². The molecule has 0 bridgehead atoms. The molecular weight excluding hydrogens is 782 g/mol. The molecule has 0 aliphatic carbocycles. The van der Waals surface area contributed by atoms with Gasteiger partial charge in [0, 0.05) is 36.9 Å². The fourth-order valence-corrected chi connectivity index (χ4v) is 9.64. The van der Waals surface area contributed by atoms with Crippen LogP contribution in [0.25, 0.3) is 98.5 Å². The average molecular weight is 795 g/mol. The van der Waals surface area contributed by atoms with Crippen LogP contribution in [0.15, 0.2) is 83.3 Å². The van der Waals surface area contributed by atoms with Crippen LogP contribution in [0.2, 0.25) is 0 Å². The Morgan fingerprint density at radius 2 is 0.734 bits per heavy atom. The summed E-state index contributed by atoms with van der Waals surface area (Å²) in [6.07, 6.45) is 0. The number of rotatable bonds is 5. The van der Waals surface area contributed by atoms with E-state index in [4.69, 9.17) is 129 Å². The maximum Gasteiger partial charge on any atom is 0.164 e. The van der Waals surface area contributed by atoms with Crippen LogP contribution in [-0.2, 0) is 0 Å². The molecule has 7 aromatic carbocycles. The lowest BCUT2D eigenvalue weighted by Gasteiger charge is -2.19. The summed E-state index contributed by atoms with van der Waals surface area (Å²) in [4.78, 5) is 15.1. The Labute approximate surface area is 392 Å². The van der Waals surface area contributed by atoms with Crippen molar-refractivity contribution in [1.29, 1.82) is 0 Å². The number of thiophene rings is 1. The Hall–Kier alpha value is -5.52. The van der Waals surface area contributed by atoms with Crippen molar-refractivity contribution in [3.05, 3.63) is 78.9 Å². The number of hydrogen-bond acceptors (Lipinski definition) is 5. The second kappa shape index (κ2) is 15.6. The molecule has 0 N–H and O–H groups in total. The summed E-state index contributed by atoms with van der Waals surface area (Å²) in [6.45, 7) is 0. The van der Waals surface area contributed by atoms with Crippen LogP contribution in [0.5, 0.6) is 0 Å². The fraction of sp³-hybridized carbons (Fsp3) is 0. The number of benzene rings is 7. The predicted molar refractivity (Wildman–Crippen MR) is 283 cm³/mol. The molecule has 0 unspecified atom stereocenters. The van der Waals surface area contributed by atoms with Crippen molar-refractivity contribution in [2.24, 2.45) is 0 Å². The quantitative estimate of drug-likeness (QED) is 0.166. The van der Waals surface area contributed by atoms with E-state index in [0.29, 0.717) is 25.7 Å². The van der Waals surface area contributed by atoms with E-state index in [1.165, 1.54) is 11.3 Å². The van der Waals surface area contributed by atoms with E-state index >= 15 is 0 Å². The van der Waals surface area contributed by atoms with E-state index in [1.54, 1.807) is 0 Å². The highest BCUT2D eigenvalue weighted by Crippen LogP contribution is 2.38. The van der Waals surface area contributed by atoms with Crippen LogP contribution in [0.4, 0.5) is 0 Å². The molecule has 10 aromatic rings. The molecule has 3 aromatic heterocycles. The molecule has 0 saturated carbocycles. The van der Waals surface area contributed by atoms with Gasteiger partial charge in [0.15, 0.2) is 17.5 Å². The van der Waals surface area contributed by atoms with Crippen LogP contribution in [0.3, 0.4) is 0 Å². The molecule has 0 aliphatic rings. The zero-order valence-electron chi connectivity index (χ0n) is 33.7. The van der Waals surface area contributed by atoms with E-state index in [0.717, 1.165) is 22.3 Å². The van der Waals surface area contributed by atoms with Gasteiger partial charge in [-0.2, -0.15) is 0 Å². The highest BCUT2D eigenvalue weighted by molar-refractivity contribution is 7.28. The molecule has 0 amide bonds. The van der Waals surface area contributed by atoms with Crippen LogP contribution in [0, 0.1) is 0 Å². The van der Waals surface area contributed by atoms with Crippen molar-refractivity contribution in [3.8, 4) is 56.4 Å². The SMILES string of the molecule is [B]c1c([B])c([B])c2c(oc3c([B])c([B])c([B])c(-c4nc(-c5ccc(-c6cccc(-c7ccccc7)c6)cc5)nc(-c5c([B])c([B])c([B])c6c5sc5c([B])c([B])c([B])c([B])c56)n4)c32)c1[B]. The standard InChI is InChI=1S/C45H13B14N3OS/c46-25-20-19-23(28(49)33(54)36(57)39(19)63-40(20)37(58)34(55)31(25)52)44-60-43(16-11-9-15(10-12-16)18-8-4-7-17(13-18)14-5-2-1-3-6-14)61-45(62-44)24-29(50)30(51)26(47)21-22-27(48)32(53)35(56)38(59)42(22)64-41(21)24/h1-13H. The van der Waals surface area contributed by atoms with Gasteiger partial charge in [-0.15, -0.1) is 44.1 Å². The van der Waals surface area contributed by atoms with Gasteiger partial charge in [-0.1, -0.05) is 116 Å². The lowest BCUT2D eigenvalue weighted by molar-refractivity contribution is 0.675. The van der Waals surface area contributed by atoms with Gasteiger partial charge in [0.1, 0.15) is 121 Å². The Morgan fingerprint density at radius 1 is 0.312 bits per heavy atom. The van der Waals surface area contributed by atoms with Gasteiger partial charge < -0.3 is 4.42 Å². The molecule has 10 rings (SSSR count). The van der Waals surface area contributed by atoms with Gasteiger partial charge >= 0.3 is 0 Å². The highest BCUT2D eigenvalue weighted by atomic mass is 32.1. The summed E-state index contributed by atoms with van der Waals surface area (Å²) < 4.78 is 7.26. The topological polar surface area (TPSA) is 51.8 Å². The van der Waals surface area contributed by atoms with E-state index in [9.17, 15) is 0 Å². The molecule has 0 saturated heterocycles. The van der Waals surface area contributed by atoms with Crippen LogP contribution in [-0.4, -0.2) is 125 Å². The largest absolute Gasteiger partial charge is 0.457 e. The minimum atomic E-state index is -0.0190. The van der Waals surface area contributed by atoms with Gasteiger partial charge in [-0.05, 0) is 39.1 Å². The summed E-state index contributed by atoms with van der Waals surface area (Å²) in [7, 11) is 92.0. The Bertz CT molecular complexity index is 3670. The van der Waals surface area contributed by atoms with Crippen molar-refractivity contribution in [3.63, 3.8) is 0 Å². The normalized spacial score (nSPS) is 11.7. The molecule has 0 aliphatic heterocycles. The monoisotopic (exact) mass is 797 g/mol. The van der Waals surface area contributed by atoms with Crippen LogP contribution in [0.1, 0.15) is 0 Å². The Balaban J connectivity index is 1.28. The smallest absolute Gasteiger partial charge is 0.164 e. The number of nitrogens with zero attached hydrogens (tertiary/aromatic N) is 3. The van der Waals surface area contributed by atoms with Crippen molar-refractivity contribution in [1.82, 2.24) is 15.0 Å². The van der Waals surface area contributed by atoms with Gasteiger partial charge in [0.2, 0.25) is 0 Å². The summed E-state index contributed by atoms with van der Waals surface area (Å²) >= 11 is 1.22. The zero-order valence-corrected chi connectivity index (χ0v) is 34.6. The van der Waals surface area contributed by atoms with Gasteiger partial charge in [-0.3, -0.25) is 0 Å². The van der Waals surface area contributed by atoms with Gasteiger partial charge in [-0.25, -0.2) is 15.0 Å². The second-order valence-corrected chi connectivity index (χ2v) is 16.4. The lowest BCUT2D eigenvalue weighted by Crippen LogP contribution is -2.47. The maximum atomic E-state index is 6.90. The lowest BCUT2D eigenvalue weighted by atomic mass is 9.64. The molecule has 3 heterocycles. The van der Waals surface area contributed by atoms with E-state index < -0.39 is 0 Å². The van der Waals surface area contributed by atoms with E-state index in [1.807, 2.05) is 54.6 Å². The first-order valence-corrected chi connectivity index (χ1v) is 20.3. The minimum absolute atomic E-state index is 0.00103. The zero-order chi connectivity index (χ0) is 45.2. The molecular formula is C45H13B14N3OS. The first-order valence-electron chi connectivity index (χ1n) is 19.5. The molecule has 4 nitrogen and oxygen atoms in total. The fourth-order valence-electron chi connectivity index (χ4n) is 8.29. The third-order valence-electron chi connectivity index (χ3n) is 11.8. The van der Waals surface area contributed by atoms with Crippen LogP contribution >= 0.6 is 11.3 Å². The Morgan fingerprint density at radius 3 is 1.36 bits per heavy atom. The highest BCUT2D eigenvalue weighted by Gasteiger charge is 2.27. The molecule has 19 heteroatoms. The van der Waals surface area contributed by atoms with E-state index in [-0.39, 0.29) is 127 Å².